The van der Waals surface area contributed by atoms with E-state index < -0.39 is 0 Å². The molecular formula is C11H21NO2. The van der Waals surface area contributed by atoms with E-state index >= 15 is 0 Å². The van der Waals surface area contributed by atoms with Crippen molar-refractivity contribution in [2.45, 2.75) is 38.3 Å². The average molecular weight is 199 g/mol. The molecule has 0 atom stereocenters. The van der Waals surface area contributed by atoms with Crippen LogP contribution in [0.25, 0.3) is 0 Å². The third-order valence-electron chi connectivity index (χ3n) is 3.19. The van der Waals surface area contributed by atoms with Crippen molar-refractivity contribution in [1.29, 1.82) is 0 Å². The first-order valence-electron chi connectivity index (χ1n) is 5.67. The van der Waals surface area contributed by atoms with E-state index in [4.69, 9.17) is 9.47 Å². The van der Waals surface area contributed by atoms with Gasteiger partial charge >= 0.3 is 0 Å². The minimum Gasteiger partial charge on any atom is -0.378 e. The molecule has 0 amide bonds. The lowest BCUT2D eigenvalue weighted by atomic mass is 10.2. The average Bonchev–Trinajstić information content (AvgIpc) is 2.89. The monoisotopic (exact) mass is 199 g/mol. The zero-order valence-electron chi connectivity index (χ0n) is 9.29. The summed E-state index contributed by atoms with van der Waals surface area (Å²) < 4.78 is 11.1. The number of hydrogen-bond donors (Lipinski definition) is 0. The van der Waals surface area contributed by atoms with Crippen molar-refractivity contribution in [3.63, 3.8) is 0 Å². The summed E-state index contributed by atoms with van der Waals surface area (Å²) >= 11 is 0. The zero-order chi connectivity index (χ0) is 10.0. The first-order valence-corrected chi connectivity index (χ1v) is 5.67. The van der Waals surface area contributed by atoms with Gasteiger partial charge in [0.25, 0.3) is 0 Å². The Hall–Kier alpha value is -0.120. The van der Waals surface area contributed by atoms with E-state index in [1.165, 1.54) is 12.8 Å². The van der Waals surface area contributed by atoms with Crippen LogP contribution in [0.2, 0.25) is 0 Å². The van der Waals surface area contributed by atoms with Gasteiger partial charge in [0.15, 0.2) is 0 Å². The van der Waals surface area contributed by atoms with E-state index in [1.54, 1.807) is 0 Å². The third kappa shape index (κ3) is 2.27. The molecule has 1 heterocycles. The van der Waals surface area contributed by atoms with Crippen molar-refractivity contribution in [2.75, 3.05) is 32.9 Å². The molecule has 82 valence electrons. The molecule has 0 aromatic rings. The van der Waals surface area contributed by atoms with E-state index in [-0.39, 0.29) is 0 Å². The lowest BCUT2D eigenvalue weighted by molar-refractivity contribution is -0.0372. The van der Waals surface area contributed by atoms with Crippen LogP contribution in [-0.4, -0.2) is 49.5 Å². The molecule has 1 saturated heterocycles. The van der Waals surface area contributed by atoms with Crippen molar-refractivity contribution >= 4 is 0 Å². The van der Waals surface area contributed by atoms with Crippen molar-refractivity contribution in [3.8, 4) is 0 Å². The maximum Gasteiger partial charge on any atom is 0.0651 e. The van der Waals surface area contributed by atoms with Gasteiger partial charge in [-0.25, -0.2) is 0 Å². The first kappa shape index (κ1) is 10.4. The lowest BCUT2D eigenvalue weighted by Gasteiger charge is -2.36. The van der Waals surface area contributed by atoms with Crippen molar-refractivity contribution in [2.24, 2.45) is 0 Å². The van der Waals surface area contributed by atoms with Gasteiger partial charge in [-0.1, -0.05) is 0 Å². The predicted molar refractivity (Wildman–Crippen MR) is 55.4 cm³/mol. The van der Waals surface area contributed by atoms with Gasteiger partial charge in [-0.15, -0.1) is 0 Å². The molecule has 14 heavy (non-hydrogen) atoms. The normalized spacial score (nSPS) is 25.9. The van der Waals surface area contributed by atoms with Crippen LogP contribution in [0.5, 0.6) is 0 Å². The second-order valence-electron chi connectivity index (χ2n) is 4.68. The van der Waals surface area contributed by atoms with Crippen molar-refractivity contribution in [3.05, 3.63) is 0 Å². The summed E-state index contributed by atoms with van der Waals surface area (Å²) in [5.74, 6) is 0. The van der Waals surface area contributed by atoms with Crippen LogP contribution >= 0.6 is 0 Å². The fourth-order valence-corrected chi connectivity index (χ4v) is 2.12. The summed E-state index contributed by atoms with van der Waals surface area (Å²) in [5.41, 5.74) is 0.415. The molecule has 0 bridgehead atoms. The Labute approximate surface area is 86.4 Å². The highest BCUT2D eigenvalue weighted by atomic mass is 16.5. The second kappa shape index (κ2) is 4.17. The molecular weight excluding hydrogens is 178 g/mol. The van der Waals surface area contributed by atoms with Crippen LogP contribution in [0, 0.1) is 0 Å². The highest BCUT2D eigenvalue weighted by Gasteiger charge is 2.49. The van der Waals surface area contributed by atoms with Crippen LogP contribution in [0.15, 0.2) is 0 Å². The van der Waals surface area contributed by atoms with E-state index in [0.29, 0.717) is 11.6 Å². The summed E-state index contributed by atoms with van der Waals surface area (Å²) in [4.78, 5) is 2.55. The Morgan fingerprint density at radius 1 is 1.43 bits per heavy atom. The summed E-state index contributed by atoms with van der Waals surface area (Å²) in [6.07, 6.45) is 2.98. The Kier molecular flexibility index (Phi) is 3.10. The van der Waals surface area contributed by atoms with Gasteiger partial charge in [0, 0.05) is 18.6 Å². The van der Waals surface area contributed by atoms with Gasteiger partial charge in [-0.05, 0) is 26.7 Å². The maximum atomic E-state index is 5.58. The summed E-state index contributed by atoms with van der Waals surface area (Å²) in [5, 5.41) is 0. The number of ether oxygens (including phenoxy) is 2. The molecule has 1 aliphatic heterocycles. The maximum absolute atomic E-state index is 5.58. The number of hydrogen-bond acceptors (Lipinski definition) is 3. The fourth-order valence-electron chi connectivity index (χ4n) is 2.12. The lowest BCUT2D eigenvalue weighted by Crippen LogP contribution is -2.48. The van der Waals surface area contributed by atoms with E-state index in [1.807, 2.05) is 0 Å². The second-order valence-corrected chi connectivity index (χ2v) is 4.68. The molecule has 0 radical (unpaired) electrons. The minimum atomic E-state index is 0.353. The molecule has 0 N–H and O–H groups in total. The summed E-state index contributed by atoms with van der Waals surface area (Å²) in [7, 11) is 0. The Morgan fingerprint density at radius 3 is 2.86 bits per heavy atom. The molecule has 3 nitrogen and oxygen atoms in total. The predicted octanol–water partition coefficient (Wildman–Crippen LogP) is 1.28. The van der Waals surface area contributed by atoms with Crippen LogP contribution in [0.1, 0.15) is 26.7 Å². The largest absolute Gasteiger partial charge is 0.378 e. The molecule has 2 aliphatic rings. The van der Waals surface area contributed by atoms with Gasteiger partial charge in [0.2, 0.25) is 0 Å². The molecule has 2 fully saturated rings. The summed E-state index contributed by atoms with van der Waals surface area (Å²) in [6, 6.07) is 0. The highest BCUT2D eigenvalue weighted by molar-refractivity contribution is 5.05. The molecule has 3 heteroatoms. The van der Waals surface area contributed by atoms with E-state index in [9.17, 15) is 0 Å². The van der Waals surface area contributed by atoms with Crippen molar-refractivity contribution < 1.29 is 9.47 Å². The molecule has 0 aromatic carbocycles. The SMILES string of the molecule is CC(C)OCCN1CCOCC12CC2. The van der Waals surface area contributed by atoms with Gasteiger partial charge in [-0.3, -0.25) is 4.90 Å². The van der Waals surface area contributed by atoms with Crippen molar-refractivity contribution in [1.82, 2.24) is 4.90 Å². The molecule has 0 unspecified atom stereocenters. The topological polar surface area (TPSA) is 21.7 Å². The Bertz CT molecular complexity index is 190. The Morgan fingerprint density at radius 2 is 2.21 bits per heavy atom. The fraction of sp³-hybridized carbons (Fsp3) is 1.00. The first-order chi connectivity index (χ1) is 6.73. The number of nitrogens with zero attached hydrogens (tertiary/aromatic N) is 1. The zero-order valence-corrected chi connectivity index (χ0v) is 9.29. The van der Waals surface area contributed by atoms with Gasteiger partial charge in [-0.2, -0.15) is 0 Å². The molecule has 2 rings (SSSR count). The smallest absolute Gasteiger partial charge is 0.0651 e. The summed E-state index contributed by atoms with van der Waals surface area (Å²) in [6.45, 7) is 9.03. The van der Waals surface area contributed by atoms with E-state index in [0.717, 1.165) is 32.9 Å². The highest BCUT2D eigenvalue weighted by Crippen LogP contribution is 2.43. The van der Waals surface area contributed by atoms with E-state index in [2.05, 4.69) is 18.7 Å². The van der Waals surface area contributed by atoms with Crippen LogP contribution in [-0.2, 0) is 9.47 Å². The Balaban J connectivity index is 1.73. The minimum absolute atomic E-state index is 0.353. The van der Waals surface area contributed by atoms with Gasteiger partial charge < -0.3 is 9.47 Å². The number of morpholine rings is 1. The third-order valence-corrected chi connectivity index (χ3v) is 3.19. The van der Waals surface area contributed by atoms with Gasteiger partial charge in [0.1, 0.15) is 0 Å². The molecule has 1 spiro atoms. The molecule has 0 aromatic heterocycles. The van der Waals surface area contributed by atoms with Gasteiger partial charge in [0.05, 0.1) is 25.9 Å². The standard InChI is InChI=1S/C11H21NO2/c1-10(2)14-8-6-12-5-7-13-9-11(12)3-4-11/h10H,3-9H2,1-2H3. The molecule has 1 aliphatic carbocycles. The van der Waals surface area contributed by atoms with Crippen LogP contribution < -0.4 is 0 Å². The van der Waals surface area contributed by atoms with Crippen LogP contribution in [0.4, 0.5) is 0 Å². The molecule has 1 saturated carbocycles. The van der Waals surface area contributed by atoms with Crippen LogP contribution in [0.3, 0.4) is 0 Å². The number of rotatable bonds is 4. The quantitative estimate of drug-likeness (QED) is 0.680.